The Morgan fingerprint density at radius 3 is 2.38 bits per heavy atom. The molecule has 1 aromatic heterocycles. The first-order chi connectivity index (χ1) is 13.5. The highest BCUT2D eigenvalue weighted by Crippen LogP contribution is 2.45. The Bertz CT molecular complexity index is 1110. The molecule has 0 saturated carbocycles. The van der Waals surface area contributed by atoms with Crippen LogP contribution in [0.1, 0.15) is 12.5 Å². The summed E-state index contributed by atoms with van der Waals surface area (Å²) < 4.78 is 60.1. The summed E-state index contributed by atoms with van der Waals surface area (Å²) in [5.41, 5.74) is -7.94. The smallest absolute Gasteiger partial charge is 0.425 e. The van der Waals surface area contributed by atoms with Crippen LogP contribution in [-0.2, 0) is 15.1 Å². The third-order valence-corrected chi connectivity index (χ3v) is 4.13. The highest BCUT2D eigenvalue weighted by molar-refractivity contribution is 6.07. The number of hydrogen-bond donors (Lipinski definition) is 3. The van der Waals surface area contributed by atoms with Gasteiger partial charge < -0.3 is 10.1 Å². The number of carbonyl (C=O) groups excluding carboxylic acids is 2. The van der Waals surface area contributed by atoms with Crippen molar-refractivity contribution in [1.82, 2.24) is 14.9 Å². The van der Waals surface area contributed by atoms with Gasteiger partial charge in [0.15, 0.2) is 0 Å². The standard InChI is InChI=1S/C16H12F4N4O5/c1-2-29-14(28)23-15(16(18,19)20)9-10(21-12(15)26)24(13(27)22-11(9)25)8-5-3-7(17)4-6-8/h3-6H,2H2,1H3,(H,21,26)(H,23,28)(H,22,25,27)/t15-/m1/s1. The van der Waals surface area contributed by atoms with Crippen LogP contribution in [0.5, 0.6) is 0 Å². The summed E-state index contributed by atoms with van der Waals surface area (Å²) in [4.78, 5) is 50.4. The van der Waals surface area contributed by atoms with Crippen LogP contribution in [0.25, 0.3) is 5.69 Å². The monoisotopic (exact) mass is 416 g/mol. The van der Waals surface area contributed by atoms with E-state index in [0.717, 1.165) is 24.3 Å². The molecule has 2 amide bonds. The molecule has 1 atom stereocenters. The average Bonchev–Trinajstić information content (AvgIpc) is 2.90. The number of hydrogen-bond acceptors (Lipinski definition) is 5. The van der Waals surface area contributed by atoms with Gasteiger partial charge in [0.25, 0.3) is 17.0 Å². The number of alkyl carbamates (subject to hydrolysis) is 1. The van der Waals surface area contributed by atoms with Crippen molar-refractivity contribution in [2.75, 3.05) is 11.9 Å². The fourth-order valence-corrected chi connectivity index (χ4v) is 2.93. The highest BCUT2D eigenvalue weighted by atomic mass is 19.4. The minimum absolute atomic E-state index is 0.140. The fraction of sp³-hybridized carbons (Fsp3) is 0.250. The molecule has 3 rings (SSSR count). The van der Waals surface area contributed by atoms with Crippen molar-refractivity contribution in [2.45, 2.75) is 18.6 Å². The van der Waals surface area contributed by atoms with E-state index in [1.807, 2.05) is 5.32 Å². The Balaban J connectivity index is 2.34. The second kappa shape index (κ2) is 6.76. The van der Waals surface area contributed by atoms with Gasteiger partial charge in [0, 0.05) is 0 Å². The molecule has 3 N–H and O–H groups in total. The molecule has 9 nitrogen and oxygen atoms in total. The van der Waals surface area contributed by atoms with Crippen LogP contribution in [0.4, 0.5) is 28.2 Å². The minimum atomic E-state index is -5.48. The highest BCUT2D eigenvalue weighted by Gasteiger charge is 2.69. The van der Waals surface area contributed by atoms with Gasteiger partial charge >= 0.3 is 18.0 Å². The van der Waals surface area contributed by atoms with Crippen molar-refractivity contribution in [3.05, 3.63) is 56.5 Å². The average molecular weight is 416 g/mol. The lowest BCUT2D eigenvalue weighted by molar-refractivity contribution is -0.197. The number of carbonyl (C=O) groups is 2. The topological polar surface area (TPSA) is 122 Å². The Labute approximate surface area is 158 Å². The zero-order valence-corrected chi connectivity index (χ0v) is 14.5. The molecule has 2 aromatic rings. The lowest BCUT2D eigenvalue weighted by Crippen LogP contribution is -2.62. The Morgan fingerprint density at radius 2 is 1.83 bits per heavy atom. The molecule has 29 heavy (non-hydrogen) atoms. The van der Waals surface area contributed by atoms with Gasteiger partial charge in [-0.1, -0.05) is 0 Å². The first kappa shape index (κ1) is 20.1. The maximum Gasteiger partial charge on any atom is 0.425 e. The van der Waals surface area contributed by atoms with Gasteiger partial charge in [0.05, 0.1) is 12.3 Å². The summed E-state index contributed by atoms with van der Waals surface area (Å²) in [5, 5.41) is 3.22. The van der Waals surface area contributed by atoms with Crippen molar-refractivity contribution >= 4 is 17.8 Å². The molecule has 0 unspecified atom stereocenters. The minimum Gasteiger partial charge on any atom is -0.450 e. The number of H-pyrrole nitrogens is 1. The number of nitrogens with zero attached hydrogens (tertiary/aromatic N) is 1. The molecule has 0 fully saturated rings. The van der Waals surface area contributed by atoms with Crippen LogP contribution < -0.4 is 21.9 Å². The molecule has 0 aliphatic carbocycles. The molecule has 0 spiro atoms. The molecule has 13 heteroatoms. The summed E-state index contributed by atoms with van der Waals surface area (Å²) in [6.45, 7) is 1.02. The molecule has 0 radical (unpaired) electrons. The van der Waals surface area contributed by atoms with Crippen molar-refractivity contribution in [2.24, 2.45) is 0 Å². The number of nitrogens with one attached hydrogen (secondary N) is 3. The molecule has 1 aromatic carbocycles. The van der Waals surface area contributed by atoms with Gasteiger partial charge in [-0.05, 0) is 31.2 Å². The van der Waals surface area contributed by atoms with Gasteiger partial charge in [0.2, 0.25) is 0 Å². The summed E-state index contributed by atoms with van der Waals surface area (Å²) in [6.07, 6.45) is -7.08. The lowest BCUT2D eigenvalue weighted by atomic mass is 9.92. The molecule has 1 aliphatic heterocycles. The van der Waals surface area contributed by atoms with Crippen LogP contribution in [0.3, 0.4) is 0 Å². The normalized spacial score (nSPS) is 18.2. The Kier molecular flexibility index (Phi) is 4.68. The zero-order chi connectivity index (χ0) is 21.6. The second-order valence-electron chi connectivity index (χ2n) is 5.84. The van der Waals surface area contributed by atoms with Crippen LogP contribution in [0, 0.1) is 5.82 Å². The van der Waals surface area contributed by atoms with Gasteiger partial charge in [-0.2, -0.15) is 13.2 Å². The number of fused-ring (bicyclic) bond motifs is 1. The van der Waals surface area contributed by atoms with Crippen LogP contribution in [-0.4, -0.2) is 34.3 Å². The van der Waals surface area contributed by atoms with E-state index in [1.165, 1.54) is 12.2 Å². The van der Waals surface area contributed by atoms with Crippen LogP contribution in [0.2, 0.25) is 0 Å². The van der Waals surface area contributed by atoms with Crippen molar-refractivity contribution < 1.29 is 31.9 Å². The molecular weight excluding hydrogens is 404 g/mol. The summed E-state index contributed by atoms with van der Waals surface area (Å²) in [7, 11) is 0. The zero-order valence-electron chi connectivity index (χ0n) is 14.5. The van der Waals surface area contributed by atoms with E-state index < -0.39 is 52.2 Å². The van der Waals surface area contributed by atoms with E-state index in [9.17, 15) is 36.7 Å². The fourth-order valence-electron chi connectivity index (χ4n) is 2.93. The maximum atomic E-state index is 14.0. The maximum absolute atomic E-state index is 14.0. The van der Waals surface area contributed by atoms with Crippen LogP contribution in [0.15, 0.2) is 33.9 Å². The number of halogens is 4. The van der Waals surface area contributed by atoms with Crippen molar-refractivity contribution in [1.29, 1.82) is 0 Å². The summed E-state index contributed by atoms with van der Waals surface area (Å²) >= 11 is 0. The number of benzene rings is 1. The van der Waals surface area contributed by atoms with Crippen LogP contribution >= 0.6 is 0 Å². The largest absolute Gasteiger partial charge is 0.450 e. The van der Waals surface area contributed by atoms with E-state index in [2.05, 4.69) is 4.74 Å². The number of aromatic amines is 1. The first-order valence-corrected chi connectivity index (χ1v) is 8.01. The Hall–Kier alpha value is -3.64. The SMILES string of the molecule is CCOC(=O)N[C@@]1(C(F)(F)F)C(=O)Nc2c1c(=O)[nH]c(=O)n2-c1ccc(F)cc1. The van der Waals surface area contributed by atoms with E-state index >= 15 is 0 Å². The second-order valence-corrected chi connectivity index (χ2v) is 5.84. The summed E-state index contributed by atoms with van der Waals surface area (Å²) in [6, 6.07) is 3.94. The molecule has 154 valence electrons. The number of rotatable bonds is 3. The third kappa shape index (κ3) is 3.03. The first-order valence-electron chi connectivity index (χ1n) is 8.01. The summed E-state index contributed by atoms with van der Waals surface area (Å²) in [5.74, 6) is -3.33. The van der Waals surface area contributed by atoms with E-state index in [-0.39, 0.29) is 12.3 Å². The van der Waals surface area contributed by atoms with E-state index in [4.69, 9.17) is 0 Å². The molecule has 2 heterocycles. The molecule has 0 saturated heterocycles. The Morgan fingerprint density at radius 1 is 1.21 bits per heavy atom. The quantitative estimate of drug-likeness (QED) is 0.648. The van der Waals surface area contributed by atoms with Gasteiger partial charge in [0.1, 0.15) is 17.2 Å². The number of aromatic nitrogens is 2. The van der Waals surface area contributed by atoms with E-state index in [0.29, 0.717) is 4.57 Å². The van der Waals surface area contributed by atoms with Gasteiger partial charge in [-0.15, -0.1) is 0 Å². The van der Waals surface area contributed by atoms with Gasteiger partial charge in [-0.25, -0.2) is 18.5 Å². The number of ether oxygens (including phenoxy) is 1. The number of amides is 2. The lowest BCUT2D eigenvalue weighted by Gasteiger charge is -2.29. The number of anilines is 1. The molecular formula is C16H12F4N4O5. The van der Waals surface area contributed by atoms with Gasteiger partial charge in [-0.3, -0.25) is 19.9 Å². The van der Waals surface area contributed by atoms with Crippen molar-refractivity contribution in [3.63, 3.8) is 0 Å². The molecule has 0 bridgehead atoms. The predicted molar refractivity (Wildman–Crippen MR) is 89.1 cm³/mol. The number of alkyl halides is 3. The third-order valence-electron chi connectivity index (χ3n) is 4.13. The van der Waals surface area contributed by atoms with E-state index in [1.54, 1.807) is 4.98 Å². The van der Waals surface area contributed by atoms with Crippen molar-refractivity contribution in [3.8, 4) is 5.69 Å². The molecule has 1 aliphatic rings. The predicted octanol–water partition coefficient (Wildman–Crippen LogP) is 1.12.